The van der Waals surface area contributed by atoms with Gasteiger partial charge in [-0.2, -0.15) is 10.2 Å². The summed E-state index contributed by atoms with van der Waals surface area (Å²) in [5.74, 6) is -0.796. The minimum Gasteiger partial charge on any atom is -0.265 e. The molecule has 1 heterocycles. The molecule has 3 aromatic carbocycles. The summed E-state index contributed by atoms with van der Waals surface area (Å²) >= 11 is 6.00. The zero-order chi connectivity index (χ0) is 20.9. The van der Waals surface area contributed by atoms with Crippen molar-refractivity contribution in [3.63, 3.8) is 0 Å². The van der Waals surface area contributed by atoms with Crippen molar-refractivity contribution in [2.45, 2.75) is 0 Å². The van der Waals surface area contributed by atoms with E-state index in [9.17, 15) is 9.18 Å². The quantitative estimate of drug-likeness (QED) is 0.362. The van der Waals surface area contributed by atoms with Crippen molar-refractivity contribution in [3.05, 3.63) is 107 Å². The summed E-state index contributed by atoms with van der Waals surface area (Å²) in [6.45, 7) is 0. The van der Waals surface area contributed by atoms with E-state index in [0.29, 0.717) is 10.6 Å². The molecule has 0 saturated carbocycles. The molecule has 0 spiro atoms. The molecule has 0 atom stereocenters. The predicted octanol–water partition coefficient (Wildman–Crippen LogP) is 5.10. The summed E-state index contributed by atoms with van der Waals surface area (Å²) in [6, 6.07) is 24.3. The van der Waals surface area contributed by atoms with E-state index in [1.54, 1.807) is 35.0 Å². The molecule has 30 heavy (non-hydrogen) atoms. The zero-order valence-corrected chi connectivity index (χ0v) is 16.4. The number of benzene rings is 3. The van der Waals surface area contributed by atoms with E-state index in [0.717, 1.165) is 16.9 Å². The Kier molecular flexibility index (Phi) is 5.68. The van der Waals surface area contributed by atoms with Gasteiger partial charge in [0.15, 0.2) is 5.69 Å². The van der Waals surface area contributed by atoms with Crippen LogP contribution in [0.2, 0.25) is 5.02 Å². The molecule has 0 aliphatic heterocycles. The molecule has 0 aliphatic rings. The molecule has 1 aromatic heterocycles. The van der Waals surface area contributed by atoms with Gasteiger partial charge in [0.1, 0.15) is 5.82 Å². The standard InChI is InChI=1S/C23H16ClFN4O/c24-18-10-8-17(9-11-18)22-14-21(28-29(22)20-4-2-1-3-5-20)23(30)27-26-15-16-6-12-19(25)13-7-16/h1-15H,(H,27,30)/b26-15+. The molecule has 4 rings (SSSR count). The van der Waals surface area contributed by atoms with Gasteiger partial charge in [0.25, 0.3) is 5.91 Å². The molecule has 1 amide bonds. The second-order valence-corrected chi connectivity index (χ2v) is 6.86. The Bertz CT molecular complexity index is 1190. The molecule has 7 heteroatoms. The van der Waals surface area contributed by atoms with Crippen LogP contribution in [-0.4, -0.2) is 21.9 Å². The summed E-state index contributed by atoms with van der Waals surface area (Å²) in [6.07, 6.45) is 1.44. The maximum absolute atomic E-state index is 13.0. The number of halogens is 2. The fourth-order valence-corrected chi connectivity index (χ4v) is 2.98. The van der Waals surface area contributed by atoms with Crippen LogP contribution in [0.5, 0.6) is 0 Å². The topological polar surface area (TPSA) is 59.3 Å². The van der Waals surface area contributed by atoms with Crippen molar-refractivity contribution < 1.29 is 9.18 Å². The van der Waals surface area contributed by atoms with Gasteiger partial charge < -0.3 is 0 Å². The average molecular weight is 419 g/mol. The third-order valence-corrected chi connectivity index (χ3v) is 4.58. The lowest BCUT2D eigenvalue weighted by Gasteiger charge is -2.07. The molecule has 0 bridgehead atoms. The molecule has 0 unspecified atom stereocenters. The highest BCUT2D eigenvalue weighted by molar-refractivity contribution is 6.30. The van der Waals surface area contributed by atoms with Gasteiger partial charge in [0.2, 0.25) is 0 Å². The van der Waals surface area contributed by atoms with Gasteiger partial charge >= 0.3 is 0 Å². The van der Waals surface area contributed by atoms with Gasteiger partial charge in [-0.3, -0.25) is 4.79 Å². The SMILES string of the molecule is O=C(N/N=C/c1ccc(F)cc1)c1cc(-c2ccc(Cl)cc2)n(-c2ccccc2)n1. The van der Waals surface area contributed by atoms with Crippen LogP contribution in [0, 0.1) is 5.82 Å². The Hall–Kier alpha value is -3.77. The van der Waals surface area contributed by atoms with Crippen molar-refractivity contribution in [1.82, 2.24) is 15.2 Å². The molecule has 148 valence electrons. The number of hydrogen-bond donors (Lipinski definition) is 1. The number of aromatic nitrogens is 2. The highest BCUT2D eigenvalue weighted by Crippen LogP contribution is 2.25. The lowest BCUT2D eigenvalue weighted by molar-refractivity contribution is 0.0949. The van der Waals surface area contributed by atoms with Crippen LogP contribution in [0.25, 0.3) is 16.9 Å². The number of carbonyl (C=O) groups excluding carboxylic acids is 1. The second kappa shape index (κ2) is 8.71. The minimum atomic E-state index is -0.460. The molecular weight excluding hydrogens is 403 g/mol. The van der Waals surface area contributed by atoms with E-state index >= 15 is 0 Å². The number of rotatable bonds is 5. The molecule has 1 N–H and O–H groups in total. The van der Waals surface area contributed by atoms with E-state index < -0.39 is 5.91 Å². The number of para-hydroxylation sites is 1. The van der Waals surface area contributed by atoms with Gasteiger partial charge in [-0.05, 0) is 48.0 Å². The number of hydrogen-bond acceptors (Lipinski definition) is 3. The van der Waals surface area contributed by atoms with Crippen molar-refractivity contribution in [2.75, 3.05) is 0 Å². The van der Waals surface area contributed by atoms with E-state index in [1.165, 1.54) is 18.3 Å². The summed E-state index contributed by atoms with van der Waals surface area (Å²) in [5.41, 5.74) is 5.75. The molecule has 0 saturated heterocycles. The van der Waals surface area contributed by atoms with Gasteiger partial charge in [-0.1, -0.05) is 54.1 Å². The maximum atomic E-state index is 13.0. The Morgan fingerprint density at radius 3 is 2.40 bits per heavy atom. The van der Waals surface area contributed by atoms with E-state index in [1.807, 2.05) is 42.5 Å². The highest BCUT2D eigenvalue weighted by Gasteiger charge is 2.16. The average Bonchev–Trinajstić information content (AvgIpc) is 3.22. The Morgan fingerprint density at radius 1 is 1.00 bits per heavy atom. The largest absolute Gasteiger partial charge is 0.291 e. The highest BCUT2D eigenvalue weighted by atomic mass is 35.5. The van der Waals surface area contributed by atoms with Crippen molar-refractivity contribution in [1.29, 1.82) is 0 Å². The third kappa shape index (κ3) is 4.45. The number of hydrazone groups is 1. The van der Waals surface area contributed by atoms with Crippen LogP contribution in [0.1, 0.15) is 16.1 Å². The molecule has 0 fully saturated rings. The van der Waals surface area contributed by atoms with E-state index in [-0.39, 0.29) is 11.5 Å². The van der Waals surface area contributed by atoms with Gasteiger partial charge in [-0.15, -0.1) is 0 Å². The molecule has 0 aliphatic carbocycles. The maximum Gasteiger partial charge on any atom is 0.291 e. The normalized spacial score (nSPS) is 11.0. The smallest absolute Gasteiger partial charge is 0.265 e. The Balaban J connectivity index is 1.62. The van der Waals surface area contributed by atoms with Gasteiger partial charge in [-0.25, -0.2) is 14.5 Å². The monoisotopic (exact) mass is 418 g/mol. The fraction of sp³-hybridized carbons (Fsp3) is 0. The number of carbonyl (C=O) groups is 1. The first kappa shape index (κ1) is 19.5. The first-order chi connectivity index (χ1) is 14.6. The van der Waals surface area contributed by atoms with Crippen LogP contribution >= 0.6 is 11.6 Å². The molecular formula is C23H16ClFN4O. The van der Waals surface area contributed by atoms with Gasteiger partial charge in [0, 0.05) is 10.6 Å². The zero-order valence-electron chi connectivity index (χ0n) is 15.7. The molecule has 4 aromatic rings. The van der Waals surface area contributed by atoms with Crippen LogP contribution < -0.4 is 5.43 Å². The third-order valence-electron chi connectivity index (χ3n) is 4.33. The Labute approximate surface area is 177 Å². The first-order valence-corrected chi connectivity index (χ1v) is 9.48. The summed E-state index contributed by atoms with van der Waals surface area (Å²) in [5, 5.41) is 9.02. The van der Waals surface area contributed by atoms with Crippen molar-refractivity contribution in [3.8, 4) is 16.9 Å². The second-order valence-electron chi connectivity index (χ2n) is 6.42. The number of amides is 1. The Morgan fingerprint density at radius 2 is 1.70 bits per heavy atom. The van der Waals surface area contributed by atoms with Crippen LogP contribution in [-0.2, 0) is 0 Å². The van der Waals surface area contributed by atoms with Crippen molar-refractivity contribution >= 4 is 23.7 Å². The summed E-state index contributed by atoms with van der Waals surface area (Å²) in [7, 11) is 0. The number of nitrogens with zero attached hydrogens (tertiary/aromatic N) is 3. The number of nitrogens with one attached hydrogen (secondary N) is 1. The molecule has 5 nitrogen and oxygen atoms in total. The van der Waals surface area contributed by atoms with Gasteiger partial charge in [0.05, 0.1) is 17.6 Å². The summed E-state index contributed by atoms with van der Waals surface area (Å²) in [4.78, 5) is 12.6. The lowest BCUT2D eigenvalue weighted by atomic mass is 10.1. The van der Waals surface area contributed by atoms with E-state index in [2.05, 4.69) is 15.6 Å². The summed E-state index contributed by atoms with van der Waals surface area (Å²) < 4.78 is 14.7. The van der Waals surface area contributed by atoms with Crippen LogP contribution in [0.15, 0.2) is 90.0 Å². The van der Waals surface area contributed by atoms with Crippen molar-refractivity contribution in [2.24, 2.45) is 5.10 Å². The fourth-order valence-electron chi connectivity index (χ4n) is 2.86. The predicted molar refractivity (Wildman–Crippen MR) is 115 cm³/mol. The van der Waals surface area contributed by atoms with E-state index in [4.69, 9.17) is 11.6 Å². The first-order valence-electron chi connectivity index (χ1n) is 9.10. The lowest BCUT2D eigenvalue weighted by Crippen LogP contribution is -2.18. The minimum absolute atomic E-state index is 0.208. The van der Waals surface area contributed by atoms with Crippen LogP contribution in [0.4, 0.5) is 4.39 Å². The van der Waals surface area contributed by atoms with Crippen LogP contribution in [0.3, 0.4) is 0 Å². The molecule has 0 radical (unpaired) electrons.